The second-order valence-electron chi connectivity index (χ2n) is 7.12. The minimum absolute atomic E-state index is 0.0135. The van der Waals surface area contributed by atoms with Gasteiger partial charge in [0.05, 0.1) is 24.9 Å². The number of nitrogens with zero attached hydrogens (tertiary/aromatic N) is 6. The molecule has 0 radical (unpaired) electrons. The van der Waals surface area contributed by atoms with Crippen molar-refractivity contribution >= 4 is 5.97 Å². The van der Waals surface area contributed by atoms with Crippen molar-refractivity contribution in [2.24, 2.45) is 22.1 Å². The molecular weight excluding hydrogens is 364 g/mol. The Kier molecular flexibility index (Phi) is 9.55. The molecule has 0 spiro atoms. The van der Waals surface area contributed by atoms with Crippen LogP contribution < -0.4 is 0 Å². The lowest BCUT2D eigenvalue weighted by Crippen LogP contribution is -2.39. The summed E-state index contributed by atoms with van der Waals surface area (Å²) in [4.78, 5) is 16.7. The number of ether oxygens (including phenoxy) is 1. The Morgan fingerprint density at radius 1 is 1.18 bits per heavy atom. The third-order valence-corrected chi connectivity index (χ3v) is 4.77. The van der Waals surface area contributed by atoms with E-state index >= 15 is 0 Å². The molecule has 154 valence electrons. The molecule has 0 saturated heterocycles. The molecule has 0 heterocycles. The van der Waals surface area contributed by atoms with Gasteiger partial charge in [0.25, 0.3) is 0 Å². The summed E-state index contributed by atoms with van der Waals surface area (Å²) in [5.74, 6) is 0.311. The monoisotopic (exact) mass is 392 g/mol. The fourth-order valence-corrected chi connectivity index (χ4v) is 3.57. The average Bonchev–Trinajstić information content (AvgIpc) is 2.62. The van der Waals surface area contributed by atoms with Crippen molar-refractivity contribution in [1.82, 2.24) is 0 Å². The summed E-state index contributed by atoms with van der Waals surface area (Å²) in [5.41, 5.74) is 18.2. The molecule has 0 unspecified atom stereocenters. The van der Waals surface area contributed by atoms with E-state index in [0.717, 1.165) is 6.42 Å². The lowest BCUT2D eigenvalue weighted by atomic mass is 9.81. The van der Waals surface area contributed by atoms with Crippen LogP contribution in [0.25, 0.3) is 20.9 Å². The number of carbonyl (C=O) groups excluding carboxylic acids is 1. The SMILES string of the molecule is CC1=C[C@H](C)[C@H](N=[N+]=[N-])[C@H](C)C1.CCOC(=O)C1=C[C@H](O)[C@H](N=[N+]=[N-])[C@H](O)C1. The molecule has 0 fully saturated rings. The zero-order valence-corrected chi connectivity index (χ0v) is 16.6. The Hall–Kier alpha value is -2.51. The Labute approximate surface area is 164 Å². The van der Waals surface area contributed by atoms with Gasteiger partial charge in [0, 0.05) is 27.9 Å². The molecule has 10 nitrogen and oxygen atoms in total. The first-order valence-corrected chi connectivity index (χ1v) is 9.24. The zero-order valence-electron chi connectivity index (χ0n) is 16.6. The van der Waals surface area contributed by atoms with Crippen LogP contribution in [0.4, 0.5) is 0 Å². The van der Waals surface area contributed by atoms with Gasteiger partial charge in [-0.1, -0.05) is 35.7 Å². The molecule has 0 saturated carbocycles. The van der Waals surface area contributed by atoms with Crippen molar-refractivity contribution in [3.63, 3.8) is 0 Å². The first-order valence-electron chi connectivity index (χ1n) is 9.24. The van der Waals surface area contributed by atoms with E-state index in [0.29, 0.717) is 11.8 Å². The normalized spacial score (nSPS) is 31.6. The maximum atomic E-state index is 11.3. The van der Waals surface area contributed by atoms with Crippen molar-refractivity contribution < 1.29 is 19.7 Å². The van der Waals surface area contributed by atoms with Crippen LogP contribution in [0.3, 0.4) is 0 Å². The number of azide groups is 2. The molecule has 6 atom stereocenters. The molecule has 0 amide bonds. The number of rotatable bonds is 4. The molecule has 2 rings (SSSR count). The van der Waals surface area contributed by atoms with Crippen LogP contribution in [0.15, 0.2) is 33.5 Å². The van der Waals surface area contributed by atoms with Gasteiger partial charge in [0.1, 0.15) is 0 Å². The van der Waals surface area contributed by atoms with E-state index in [1.54, 1.807) is 6.92 Å². The second kappa shape index (κ2) is 11.4. The number of aliphatic hydroxyl groups is 2. The van der Waals surface area contributed by atoms with Gasteiger partial charge in [-0.15, -0.1) is 0 Å². The first-order chi connectivity index (χ1) is 13.2. The smallest absolute Gasteiger partial charge is 0.333 e. The predicted octanol–water partition coefficient (Wildman–Crippen LogP) is 3.57. The molecule has 10 heteroatoms. The maximum Gasteiger partial charge on any atom is 0.333 e. The highest BCUT2D eigenvalue weighted by atomic mass is 16.5. The van der Waals surface area contributed by atoms with Crippen LogP contribution in [0.5, 0.6) is 0 Å². The standard InChI is InChI=1S/C9H13N3O4.C9H15N3/c1-2-16-9(15)5-3-6(13)8(11-12-10)7(14)4-5;1-6-4-7(2)9(11-12-10)8(3)5-6/h3,6-8,13-14H,2,4H2,1H3;4,7-9H,5H2,1-3H3/t6-,7+,8-;7-,8+,9-/m00/s1. The minimum atomic E-state index is -1.17. The molecule has 2 N–H and O–H groups in total. The third-order valence-electron chi connectivity index (χ3n) is 4.77. The topological polar surface area (TPSA) is 164 Å². The Morgan fingerprint density at radius 3 is 2.29 bits per heavy atom. The Bertz CT molecular complexity index is 709. The highest BCUT2D eigenvalue weighted by molar-refractivity contribution is 5.88. The Morgan fingerprint density at radius 2 is 1.79 bits per heavy atom. The zero-order chi connectivity index (χ0) is 21.3. The molecule has 0 bridgehead atoms. The average molecular weight is 392 g/mol. The summed E-state index contributed by atoms with van der Waals surface area (Å²) in [6, 6.07) is -0.804. The fraction of sp³-hybridized carbons (Fsp3) is 0.722. The van der Waals surface area contributed by atoms with Gasteiger partial charge in [-0.05, 0) is 49.2 Å². The number of hydrogen-bond donors (Lipinski definition) is 2. The van der Waals surface area contributed by atoms with Crippen LogP contribution in [0.1, 0.15) is 40.5 Å². The molecule has 0 aromatic carbocycles. The van der Waals surface area contributed by atoms with Crippen LogP contribution in [0.2, 0.25) is 0 Å². The summed E-state index contributed by atoms with van der Waals surface area (Å²) >= 11 is 0. The van der Waals surface area contributed by atoms with Crippen LogP contribution in [0, 0.1) is 11.8 Å². The fourth-order valence-electron chi connectivity index (χ4n) is 3.57. The van der Waals surface area contributed by atoms with E-state index in [1.165, 1.54) is 11.6 Å². The predicted molar refractivity (Wildman–Crippen MR) is 104 cm³/mol. The minimum Gasteiger partial charge on any atom is -0.463 e. The van der Waals surface area contributed by atoms with Crippen molar-refractivity contribution in [2.75, 3.05) is 6.61 Å². The van der Waals surface area contributed by atoms with Crippen molar-refractivity contribution in [2.45, 2.75) is 64.8 Å². The van der Waals surface area contributed by atoms with Crippen molar-refractivity contribution in [3.05, 3.63) is 44.2 Å². The summed E-state index contributed by atoms with van der Waals surface area (Å²) in [5, 5.41) is 26.2. The lowest BCUT2D eigenvalue weighted by Gasteiger charge is -2.29. The number of allylic oxidation sites excluding steroid dienone is 1. The molecule has 0 aromatic heterocycles. The Balaban J connectivity index is 0.000000292. The van der Waals surface area contributed by atoms with E-state index in [9.17, 15) is 15.0 Å². The van der Waals surface area contributed by atoms with Crippen molar-refractivity contribution in [1.29, 1.82) is 0 Å². The molecule has 0 aliphatic heterocycles. The van der Waals surface area contributed by atoms with Crippen LogP contribution in [-0.4, -0.2) is 47.1 Å². The highest BCUT2D eigenvalue weighted by Crippen LogP contribution is 2.30. The van der Waals surface area contributed by atoms with Crippen molar-refractivity contribution in [3.8, 4) is 0 Å². The van der Waals surface area contributed by atoms with Gasteiger partial charge in [-0.3, -0.25) is 0 Å². The van der Waals surface area contributed by atoms with Gasteiger partial charge in [-0.25, -0.2) is 4.79 Å². The molecule has 0 aromatic rings. The van der Waals surface area contributed by atoms with Gasteiger partial charge in [0.15, 0.2) is 0 Å². The van der Waals surface area contributed by atoms with E-state index in [-0.39, 0.29) is 24.6 Å². The molecule has 2 aliphatic carbocycles. The summed E-state index contributed by atoms with van der Waals surface area (Å²) in [7, 11) is 0. The number of hydrogen-bond acceptors (Lipinski definition) is 6. The molecule has 2 aliphatic rings. The molecule has 28 heavy (non-hydrogen) atoms. The van der Waals surface area contributed by atoms with Crippen LogP contribution >= 0.6 is 0 Å². The van der Waals surface area contributed by atoms with E-state index in [1.807, 2.05) is 0 Å². The van der Waals surface area contributed by atoms with Gasteiger partial charge in [-0.2, -0.15) is 0 Å². The number of esters is 1. The number of aliphatic hydroxyl groups excluding tert-OH is 2. The second-order valence-corrected chi connectivity index (χ2v) is 7.12. The lowest BCUT2D eigenvalue weighted by molar-refractivity contribution is -0.139. The van der Waals surface area contributed by atoms with Gasteiger partial charge < -0.3 is 14.9 Å². The maximum absolute atomic E-state index is 11.3. The third kappa shape index (κ3) is 6.58. The van der Waals surface area contributed by atoms with E-state index in [2.05, 4.69) is 46.9 Å². The molecular formula is C18H28N6O4. The summed E-state index contributed by atoms with van der Waals surface area (Å²) in [6.07, 6.45) is 2.30. The first kappa shape index (κ1) is 23.5. The number of carbonyl (C=O) groups is 1. The van der Waals surface area contributed by atoms with E-state index in [4.69, 9.17) is 15.8 Å². The largest absolute Gasteiger partial charge is 0.463 e. The van der Waals surface area contributed by atoms with Crippen LogP contribution in [-0.2, 0) is 9.53 Å². The quantitative estimate of drug-likeness (QED) is 0.246. The highest BCUT2D eigenvalue weighted by Gasteiger charge is 2.32. The van der Waals surface area contributed by atoms with Gasteiger partial charge >= 0.3 is 5.97 Å². The van der Waals surface area contributed by atoms with E-state index < -0.39 is 24.2 Å². The van der Waals surface area contributed by atoms with Gasteiger partial charge in [0.2, 0.25) is 0 Å². The summed E-state index contributed by atoms with van der Waals surface area (Å²) in [6.45, 7) is 8.28. The summed E-state index contributed by atoms with van der Waals surface area (Å²) < 4.78 is 4.74.